The van der Waals surface area contributed by atoms with Gasteiger partial charge in [0.2, 0.25) is 5.91 Å². The standard InChI is InChI=1S/C14H24N2O/c1-15-8-2-3-12(10-15)14(17)16-9-11-4-6-13(16)7-5-11/h11-13H,2-10H2,1H3/t11?,12-,13?/m0/s1. The van der Waals surface area contributed by atoms with Gasteiger partial charge in [-0.3, -0.25) is 4.79 Å². The van der Waals surface area contributed by atoms with Crippen molar-refractivity contribution >= 4 is 5.91 Å². The van der Waals surface area contributed by atoms with Crippen LogP contribution in [0, 0.1) is 11.8 Å². The third-order valence-corrected chi connectivity index (χ3v) is 4.97. The van der Waals surface area contributed by atoms with Gasteiger partial charge in [0, 0.05) is 19.1 Å². The molecular formula is C14H24N2O. The molecule has 1 saturated carbocycles. The smallest absolute Gasteiger partial charge is 0.227 e. The maximum absolute atomic E-state index is 12.6. The zero-order chi connectivity index (χ0) is 11.8. The summed E-state index contributed by atoms with van der Waals surface area (Å²) in [6.07, 6.45) is 7.54. The molecule has 1 aliphatic carbocycles. The maximum atomic E-state index is 12.6. The molecule has 1 amide bonds. The fourth-order valence-corrected chi connectivity index (χ4v) is 3.94. The number of rotatable bonds is 1. The Morgan fingerprint density at radius 3 is 2.41 bits per heavy atom. The number of carbonyl (C=O) groups is 1. The summed E-state index contributed by atoms with van der Waals surface area (Å²) in [6.45, 7) is 3.20. The topological polar surface area (TPSA) is 23.6 Å². The summed E-state index contributed by atoms with van der Waals surface area (Å²) in [5.74, 6) is 1.56. The molecule has 3 nitrogen and oxygen atoms in total. The van der Waals surface area contributed by atoms with Gasteiger partial charge in [0.25, 0.3) is 0 Å². The Morgan fingerprint density at radius 2 is 1.82 bits per heavy atom. The Labute approximate surface area is 104 Å². The van der Waals surface area contributed by atoms with Crippen molar-refractivity contribution in [3.63, 3.8) is 0 Å². The molecule has 0 radical (unpaired) electrons. The molecule has 0 unspecified atom stereocenters. The Kier molecular flexibility index (Phi) is 3.12. The SMILES string of the molecule is CN1CCC[C@H](C(=O)N2CC3CCC2CC3)C1. The first-order valence-electron chi connectivity index (χ1n) is 7.23. The summed E-state index contributed by atoms with van der Waals surface area (Å²) in [5, 5.41) is 0. The fourth-order valence-electron chi connectivity index (χ4n) is 3.94. The van der Waals surface area contributed by atoms with Crippen molar-refractivity contribution in [1.29, 1.82) is 0 Å². The van der Waals surface area contributed by atoms with Gasteiger partial charge in [0.05, 0.1) is 5.92 Å². The molecule has 0 N–H and O–H groups in total. The van der Waals surface area contributed by atoms with Gasteiger partial charge in [0.15, 0.2) is 0 Å². The molecule has 4 aliphatic rings. The number of hydrogen-bond donors (Lipinski definition) is 0. The third-order valence-electron chi connectivity index (χ3n) is 4.97. The molecule has 17 heavy (non-hydrogen) atoms. The minimum Gasteiger partial charge on any atom is -0.339 e. The zero-order valence-electron chi connectivity index (χ0n) is 10.9. The number of piperidine rings is 3. The molecule has 4 rings (SSSR count). The van der Waals surface area contributed by atoms with E-state index in [4.69, 9.17) is 0 Å². The average Bonchev–Trinajstić information content (AvgIpc) is 2.39. The molecule has 3 heterocycles. The third kappa shape index (κ3) is 2.22. The van der Waals surface area contributed by atoms with E-state index in [2.05, 4.69) is 16.8 Å². The molecule has 3 aliphatic heterocycles. The molecule has 3 heteroatoms. The molecule has 4 fully saturated rings. The Morgan fingerprint density at radius 1 is 1.06 bits per heavy atom. The molecule has 3 saturated heterocycles. The van der Waals surface area contributed by atoms with Gasteiger partial charge in [-0.15, -0.1) is 0 Å². The van der Waals surface area contributed by atoms with Crippen LogP contribution in [0.1, 0.15) is 38.5 Å². The zero-order valence-corrected chi connectivity index (χ0v) is 10.9. The van der Waals surface area contributed by atoms with Crippen LogP contribution in [0.25, 0.3) is 0 Å². The predicted octanol–water partition coefficient (Wildman–Crippen LogP) is 1.73. The van der Waals surface area contributed by atoms with E-state index in [-0.39, 0.29) is 5.92 Å². The Balaban J connectivity index is 1.65. The van der Waals surface area contributed by atoms with E-state index in [1.54, 1.807) is 0 Å². The van der Waals surface area contributed by atoms with Gasteiger partial charge >= 0.3 is 0 Å². The Bertz CT molecular complexity index is 297. The normalized spacial score (nSPS) is 38.4. The number of fused-ring (bicyclic) bond motifs is 3. The lowest BCUT2D eigenvalue weighted by Crippen LogP contribution is -2.54. The quantitative estimate of drug-likeness (QED) is 0.692. The highest BCUT2D eigenvalue weighted by Gasteiger charge is 2.39. The lowest BCUT2D eigenvalue weighted by molar-refractivity contribution is -0.144. The minimum atomic E-state index is 0.285. The van der Waals surface area contributed by atoms with Crippen LogP contribution in [0.3, 0.4) is 0 Å². The van der Waals surface area contributed by atoms with Crippen LogP contribution in [0.4, 0.5) is 0 Å². The summed E-state index contributed by atoms with van der Waals surface area (Å²) in [6, 6.07) is 0.583. The number of carbonyl (C=O) groups excluding carboxylic acids is 1. The highest BCUT2D eigenvalue weighted by Crippen LogP contribution is 2.36. The highest BCUT2D eigenvalue weighted by molar-refractivity contribution is 5.79. The van der Waals surface area contributed by atoms with Crippen molar-refractivity contribution in [2.45, 2.75) is 44.6 Å². The first-order valence-corrected chi connectivity index (χ1v) is 7.23. The van der Waals surface area contributed by atoms with Crippen LogP contribution < -0.4 is 0 Å². The summed E-state index contributed by atoms with van der Waals surface area (Å²) < 4.78 is 0. The van der Waals surface area contributed by atoms with Gasteiger partial charge in [-0.2, -0.15) is 0 Å². The first kappa shape index (κ1) is 11.5. The second-order valence-corrected chi connectivity index (χ2v) is 6.27. The monoisotopic (exact) mass is 236 g/mol. The van der Waals surface area contributed by atoms with E-state index >= 15 is 0 Å². The van der Waals surface area contributed by atoms with Crippen molar-refractivity contribution in [3.05, 3.63) is 0 Å². The number of likely N-dealkylation sites (tertiary alicyclic amines) is 1. The van der Waals surface area contributed by atoms with Crippen molar-refractivity contribution in [2.24, 2.45) is 11.8 Å². The lowest BCUT2D eigenvalue weighted by Gasteiger charge is -2.47. The van der Waals surface area contributed by atoms with Crippen LogP contribution >= 0.6 is 0 Å². The molecule has 0 aromatic rings. The molecule has 1 atom stereocenters. The molecule has 0 aromatic heterocycles. The number of amides is 1. The molecule has 96 valence electrons. The summed E-state index contributed by atoms with van der Waals surface area (Å²) in [4.78, 5) is 17.1. The van der Waals surface area contributed by atoms with E-state index in [0.29, 0.717) is 11.9 Å². The molecule has 2 bridgehead atoms. The van der Waals surface area contributed by atoms with Gasteiger partial charge in [-0.1, -0.05) is 0 Å². The minimum absolute atomic E-state index is 0.285. The molecule has 0 spiro atoms. The Hall–Kier alpha value is -0.570. The van der Waals surface area contributed by atoms with Crippen molar-refractivity contribution in [3.8, 4) is 0 Å². The van der Waals surface area contributed by atoms with Crippen LogP contribution in [-0.2, 0) is 4.79 Å². The maximum Gasteiger partial charge on any atom is 0.227 e. The van der Waals surface area contributed by atoms with Gasteiger partial charge in [-0.05, 0) is 58.0 Å². The number of hydrogen-bond acceptors (Lipinski definition) is 2. The van der Waals surface area contributed by atoms with Crippen LogP contribution in [-0.4, -0.2) is 48.4 Å². The lowest BCUT2D eigenvalue weighted by atomic mass is 9.79. The molecule has 0 aromatic carbocycles. The van der Waals surface area contributed by atoms with Crippen LogP contribution in [0.2, 0.25) is 0 Å². The van der Waals surface area contributed by atoms with E-state index in [1.807, 2.05) is 0 Å². The largest absolute Gasteiger partial charge is 0.339 e. The summed E-state index contributed by atoms with van der Waals surface area (Å²) >= 11 is 0. The van der Waals surface area contributed by atoms with Crippen LogP contribution in [0.5, 0.6) is 0 Å². The second-order valence-electron chi connectivity index (χ2n) is 6.27. The van der Waals surface area contributed by atoms with Crippen molar-refractivity contribution in [1.82, 2.24) is 9.80 Å². The van der Waals surface area contributed by atoms with Gasteiger partial charge < -0.3 is 9.80 Å². The second kappa shape index (κ2) is 4.60. The number of nitrogens with zero attached hydrogens (tertiary/aromatic N) is 2. The van der Waals surface area contributed by atoms with Gasteiger partial charge in [-0.25, -0.2) is 0 Å². The fraction of sp³-hybridized carbons (Fsp3) is 0.929. The van der Waals surface area contributed by atoms with Gasteiger partial charge in [0.1, 0.15) is 0 Å². The van der Waals surface area contributed by atoms with E-state index in [0.717, 1.165) is 32.0 Å². The highest BCUT2D eigenvalue weighted by atomic mass is 16.2. The van der Waals surface area contributed by atoms with E-state index < -0.39 is 0 Å². The first-order chi connectivity index (χ1) is 8.24. The average molecular weight is 236 g/mol. The van der Waals surface area contributed by atoms with Crippen molar-refractivity contribution in [2.75, 3.05) is 26.7 Å². The predicted molar refractivity (Wildman–Crippen MR) is 67.7 cm³/mol. The summed E-state index contributed by atoms with van der Waals surface area (Å²) in [5.41, 5.74) is 0. The summed E-state index contributed by atoms with van der Waals surface area (Å²) in [7, 11) is 2.14. The van der Waals surface area contributed by atoms with Crippen LogP contribution in [0.15, 0.2) is 0 Å². The van der Waals surface area contributed by atoms with E-state index in [1.165, 1.54) is 32.1 Å². The van der Waals surface area contributed by atoms with Crippen molar-refractivity contribution < 1.29 is 4.79 Å². The van der Waals surface area contributed by atoms with E-state index in [9.17, 15) is 4.79 Å². The molecular weight excluding hydrogens is 212 g/mol.